The number of fused-ring (bicyclic) bond motifs is 5. The average Bonchev–Trinajstić information content (AvgIpc) is 3.14. The largest absolute Gasteiger partial charge is 0.504 e. The van der Waals surface area contributed by atoms with E-state index in [0.29, 0.717) is 29.4 Å². The van der Waals surface area contributed by atoms with E-state index in [1.54, 1.807) is 6.07 Å². The van der Waals surface area contributed by atoms with Crippen LogP contribution in [0, 0.1) is 28.9 Å². The van der Waals surface area contributed by atoms with Crippen LogP contribution in [0.2, 0.25) is 0 Å². The molecule has 4 atom stereocenters. The van der Waals surface area contributed by atoms with Gasteiger partial charge in [-0.25, -0.2) is 8.78 Å². The number of hydrogen-bond acceptors (Lipinski definition) is 6. The third kappa shape index (κ3) is 3.69. The number of benzene rings is 2. The van der Waals surface area contributed by atoms with E-state index in [0.717, 1.165) is 48.6 Å². The van der Waals surface area contributed by atoms with Gasteiger partial charge in [0.2, 0.25) is 0 Å². The van der Waals surface area contributed by atoms with E-state index in [4.69, 9.17) is 9.57 Å². The molecule has 8 heteroatoms. The molecule has 0 amide bonds. The number of rotatable bonds is 4. The lowest BCUT2D eigenvalue weighted by Crippen LogP contribution is -2.43. The average molecular weight is 471 g/mol. The molecule has 180 valence electrons. The number of ether oxygens (including phenoxy) is 1. The molecule has 2 aromatic carbocycles. The standard InChI is InChI=1S/C26H28F2N2O4/c1-26-6-5-17-18-12-24(33-2)23(31)11-20(18)22(10-19(17)21(26)3-4-25(26)29-32)30-34-13-14-7-15(27)9-16(28)8-14/h7-9,11-12,17,19,21,31-32H,3-6,10,13H2,1-2H3/b29-25-,30-22+/t17-,19-,21+,26+/m1/s1. The Kier molecular flexibility index (Phi) is 5.70. The Morgan fingerprint density at radius 2 is 1.88 bits per heavy atom. The van der Waals surface area contributed by atoms with Crippen LogP contribution < -0.4 is 4.74 Å². The van der Waals surface area contributed by atoms with Crippen molar-refractivity contribution in [1.82, 2.24) is 0 Å². The zero-order valence-corrected chi connectivity index (χ0v) is 19.2. The zero-order chi connectivity index (χ0) is 24.0. The van der Waals surface area contributed by atoms with Gasteiger partial charge in [0.05, 0.1) is 18.5 Å². The first kappa shape index (κ1) is 22.6. The molecule has 0 heterocycles. The van der Waals surface area contributed by atoms with Crippen molar-refractivity contribution in [3.63, 3.8) is 0 Å². The summed E-state index contributed by atoms with van der Waals surface area (Å²) in [6.45, 7) is 2.11. The van der Waals surface area contributed by atoms with Crippen molar-refractivity contribution >= 4 is 11.4 Å². The van der Waals surface area contributed by atoms with Gasteiger partial charge in [-0.3, -0.25) is 0 Å². The number of methoxy groups -OCH3 is 1. The van der Waals surface area contributed by atoms with E-state index in [1.165, 1.54) is 19.2 Å². The molecule has 0 unspecified atom stereocenters. The first-order valence-corrected chi connectivity index (χ1v) is 11.6. The van der Waals surface area contributed by atoms with Gasteiger partial charge >= 0.3 is 0 Å². The lowest BCUT2D eigenvalue weighted by atomic mass is 9.55. The Bertz CT molecular complexity index is 1160. The van der Waals surface area contributed by atoms with Crippen LogP contribution in [0.1, 0.15) is 61.6 Å². The van der Waals surface area contributed by atoms with Crippen molar-refractivity contribution < 1.29 is 28.7 Å². The molecule has 0 saturated heterocycles. The van der Waals surface area contributed by atoms with Gasteiger partial charge < -0.3 is 19.9 Å². The number of phenolic OH excluding ortho intramolecular Hbond substituents is 1. The highest BCUT2D eigenvalue weighted by molar-refractivity contribution is 6.04. The maximum Gasteiger partial charge on any atom is 0.160 e. The van der Waals surface area contributed by atoms with Gasteiger partial charge in [-0.15, -0.1) is 0 Å². The van der Waals surface area contributed by atoms with Crippen LogP contribution in [0.3, 0.4) is 0 Å². The van der Waals surface area contributed by atoms with Gasteiger partial charge in [0.1, 0.15) is 18.2 Å². The molecule has 0 radical (unpaired) electrons. The Hall–Kier alpha value is -3.16. The summed E-state index contributed by atoms with van der Waals surface area (Å²) in [6.07, 6.45) is 4.21. The molecule has 2 aromatic rings. The number of halogens is 2. The molecular formula is C26H28F2N2O4. The van der Waals surface area contributed by atoms with Crippen molar-refractivity contribution in [3.05, 3.63) is 58.7 Å². The summed E-state index contributed by atoms with van der Waals surface area (Å²) >= 11 is 0. The number of phenols is 1. The van der Waals surface area contributed by atoms with Gasteiger partial charge in [0.25, 0.3) is 0 Å². The molecule has 34 heavy (non-hydrogen) atoms. The SMILES string of the molecule is COc1cc2c(cc1O)/C(=N/OCc1cc(F)cc(F)c1)C[C@@H]1[C@@H]2CC[C@]2(C)/C(=N\O)CC[C@@H]12. The van der Waals surface area contributed by atoms with Crippen molar-refractivity contribution in [2.45, 2.75) is 51.6 Å². The number of hydrogen-bond donors (Lipinski definition) is 2. The van der Waals surface area contributed by atoms with E-state index in [-0.39, 0.29) is 29.6 Å². The Morgan fingerprint density at radius 1 is 1.12 bits per heavy atom. The molecule has 5 rings (SSSR count). The van der Waals surface area contributed by atoms with Gasteiger partial charge in [-0.2, -0.15) is 0 Å². The van der Waals surface area contributed by atoms with Gasteiger partial charge in [-0.1, -0.05) is 17.2 Å². The summed E-state index contributed by atoms with van der Waals surface area (Å²) in [6, 6.07) is 6.79. The summed E-state index contributed by atoms with van der Waals surface area (Å²) in [5.41, 5.74) is 3.61. The fraction of sp³-hybridized carbons (Fsp3) is 0.462. The van der Waals surface area contributed by atoms with Crippen molar-refractivity contribution in [1.29, 1.82) is 0 Å². The zero-order valence-electron chi connectivity index (χ0n) is 19.2. The first-order valence-electron chi connectivity index (χ1n) is 11.6. The summed E-state index contributed by atoms with van der Waals surface area (Å²) in [5, 5.41) is 28.1. The third-order valence-electron chi connectivity index (χ3n) is 8.12. The molecule has 0 aliphatic heterocycles. The summed E-state index contributed by atoms with van der Waals surface area (Å²) in [7, 11) is 1.52. The first-order chi connectivity index (χ1) is 16.3. The molecular weight excluding hydrogens is 442 g/mol. The normalized spacial score (nSPS) is 30.1. The minimum atomic E-state index is -0.668. The van der Waals surface area contributed by atoms with Crippen molar-refractivity contribution in [3.8, 4) is 11.5 Å². The predicted molar refractivity (Wildman–Crippen MR) is 122 cm³/mol. The molecule has 2 N–H and O–H groups in total. The highest BCUT2D eigenvalue weighted by Gasteiger charge is 2.54. The second-order valence-electron chi connectivity index (χ2n) is 9.82. The molecule has 2 fully saturated rings. The number of aromatic hydroxyl groups is 1. The predicted octanol–water partition coefficient (Wildman–Crippen LogP) is 5.74. The smallest absolute Gasteiger partial charge is 0.160 e. The van der Waals surface area contributed by atoms with E-state index in [9.17, 15) is 19.1 Å². The second-order valence-corrected chi connectivity index (χ2v) is 9.82. The minimum absolute atomic E-state index is 0.0239. The van der Waals surface area contributed by atoms with E-state index in [1.807, 2.05) is 6.07 Å². The Morgan fingerprint density at radius 3 is 2.59 bits per heavy atom. The molecule has 0 spiro atoms. The highest BCUT2D eigenvalue weighted by atomic mass is 19.1. The van der Waals surface area contributed by atoms with Crippen LogP contribution >= 0.6 is 0 Å². The summed E-state index contributed by atoms with van der Waals surface area (Å²) in [5.74, 6) is -0.0577. The van der Waals surface area contributed by atoms with E-state index >= 15 is 0 Å². The van der Waals surface area contributed by atoms with Gasteiger partial charge in [0.15, 0.2) is 11.5 Å². The minimum Gasteiger partial charge on any atom is -0.504 e. The molecule has 2 saturated carbocycles. The molecule has 0 aromatic heterocycles. The highest BCUT2D eigenvalue weighted by Crippen LogP contribution is 2.60. The van der Waals surface area contributed by atoms with Crippen LogP contribution in [0.4, 0.5) is 8.78 Å². The van der Waals surface area contributed by atoms with Crippen LogP contribution in [-0.4, -0.2) is 28.8 Å². The van der Waals surface area contributed by atoms with E-state index in [2.05, 4.69) is 17.2 Å². The summed E-state index contributed by atoms with van der Waals surface area (Å²) < 4.78 is 32.4. The molecule has 6 nitrogen and oxygen atoms in total. The van der Waals surface area contributed by atoms with Crippen LogP contribution in [0.5, 0.6) is 11.5 Å². The third-order valence-corrected chi connectivity index (χ3v) is 8.12. The Balaban J connectivity index is 1.50. The lowest BCUT2D eigenvalue weighted by Gasteiger charge is -2.48. The maximum absolute atomic E-state index is 13.5. The molecule has 3 aliphatic carbocycles. The van der Waals surface area contributed by atoms with Crippen molar-refractivity contribution in [2.24, 2.45) is 27.6 Å². The summed E-state index contributed by atoms with van der Waals surface area (Å²) in [4.78, 5) is 5.56. The fourth-order valence-electron chi connectivity index (χ4n) is 6.51. The maximum atomic E-state index is 13.5. The number of nitrogens with zero attached hydrogens (tertiary/aromatic N) is 2. The van der Waals surface area contributed by atoms with Crippen LogP contribution in [0.15, 0.2) is 40.6 Å². The molecule has 3 aliphatic rings. The van der Waals surface area contributed by atoms with E-state index < -0.39 is 11.6 Å². The second kappa shape index (κ2) is 8.56. The molecule has 0 bridgehead atoms. The van der Waals surface area contributed by atoms with Crippen LogP contribution in [0.25, 0.3) is 0 Å². The van der Waals surface area contributed by atoms with Crippen molar-refractivity contribution in [2.75, 3.05) is 7.11 Å². The lowest BCUT2D eigenvalue weighted by molar-refractivity contribution is 0.103. The quantitative estimate of drug-likeness (QED) is 0.441. The fourth-order valence-corrected chi connectivity index (χ4v) is 6.51. The van der Waals surface area contributed by atoms with Crippen LogP contribution in [-0.2, 0) is 11.4 Å². The Labute approximate surface area is 196 Å². The number of oxime groups is 2. The monoisotopic (exact) mass is 470 g/mol. The topological polar surface area (TPSA) is 83.6 Å². The van der Waals surface area contributed by atoms with Gasteiger partial charge in [-0.05, 0) is 85.3 Å². The van der Waals surface area contributed by atoms with Gasteiger partial charge in [0, 0.05) is 17.0 Å².